The molecule has 0 aliphatic carbocycles. The van der Waals surface area contributed by atoms with E-state index >= 15 is 0 Å². The van der Waals surface area contributed by atoms with E-state index in [-0.39, 0.29) is 5.91 Å². The molecular weight excluding hydrogens is 192 g/mol. The van der Waals surface area contributed by atoms with Crippen LogP contribution in [0.25, 0.3) is 0 Å². The molecule has 0 aromatic heterocycles. The number of benzene rings is 1. The van der Waals surface area contributed by atoms with Gasteiger partial charge in [-0.25, -0.2) is 0 Å². The van der Waals surface area contributed by atoms with E-state index in [2.05, 4.69) is 5.32 Å². The summed E-state index contributed by atoms with van der Waals surface area (Å²) in [5, 5.41) is 3.13. The van der Waals surface area contributed by atoms with Gasteiger partial charge in [-0.2, -0.15) is 0 Å². The first-order valence-corrected chi connectivity index (χ1v) is 4.85. The van der Waals surface area contributed by atoms with Gasteiger partial charge in [-0.15, -0.1) is 0 Å². The number of amides is 1. The average Bonchev–Trinajstić information content (AvgIpc) is 2.11. The number of carbonyl (C=O) groups excluding carboxylic acids is 1. The first-order chi connectivity index (χ1) is 7.12. The van der Waals surface area contributed by atoms with E-state index in [1.54, 1.807) is 0 Å². The highest BCUT2D eigenvalue weighted by atomic mass is 16.5. The van der Waals surface area contributed by atoms with Crippen LogP contribution in [0.4, 0.5) is 5.69 Å². The number of rotatable bonds is 3. The molecular formula is C11H14N2O2. The fourth-order valence-corrected chi connectivity index (χ4v) is 1.58. The first kappa shape index (κ1) is 9.98. The fraction of sp³-hybridized carbons (Fsp3) is 0.364. The molecule has 0 spiro atoms. The number of anilines is 1. The van der Waals surface area contributed by atoms with E-state index in [9.17, 15) is 4.79 Å². The van der Waals surface area contributed by atoms with E-state index in [4.69, 9.17) is 10.5 Å². The van der Waals surface area contributed by atoms with Crippen LogP contribution in [-0.4, -0.2) is 24.7 Å². The molecule has 0 radical (unpaired) electrons. The molecule has 1 fully saturated rings. The Morgan fingerprint density at radius 2 is 2.27 bits per heavy atom. The molecule has 80 valence electrons. The third-order valence-corrected chi connectivity index (χ3v) is 2.57. The predicted molar refractivity (Wildman–Crippen MR) is 57.5 cm³/mol. The zero-order chi connectivity index (χ0) is 10.9. The Hall–Kier alpha value is -1.55. The lowest BCUT2D eigenvalue weighted by Crippen LogP contribution is -2.64. The van der Waals surface area contributed by atoms with Gasteiger partial charge in [0.2, 0.25) is 5.91 Å². The van der Waals surface area contributed by atoms with Gasteiger partial charge >= 0.3 is 0 Å². The monoisotopic (exact) mass is 206 g/mol. The summed E-state index contributed by atoms with van der Waals surface area (Å²) in [5.41, 5.74) is 6.66. The van der Waals surface area contributed by atoms with Crippen LogP contribution in [0.2, 0.25) is 0 Å². The van der Waals surface area contributed by atoms with Gasteiger partial charge in [-0.3, -0.25) is 4.79 Å². The summed E-state index contributed by atoms with van der Waals surface area (Å²) in [7, 11) is 0. The van der Waals surface area contributed by atoms with Gasteiger partial charge in [0.1, 0.15) is 0 Å². The third kappa shape index (κ3) is 1.80. The highest BCUT2D eigenvalue weighted by molar-refractivity contribution is 5.89. The summed E-state index contributed by atoms with van der Waals surface area (Å²) >= 11 is 0. The van der Waals surface area contributed by atoms with Crippen molar-refractivity contribution < 1.29 is 9.53 Å². The molecule has 1 saturated heterocycles. The van der Waals surface area contributed by atoms with E-state index in [1.807, 2.05) is 31.2 Å². The van der Waals surface area contributed by atoms with Gasteiger partial charge in [0.05, 0.1) is 13.2 Å². The standard InChI is InChI=1S/C11H14N2O2/c1-8-3-2-4-9(5-8)13-11(10(12)14)6-15-7-11/h2-5,13H,6-7H2,1H3,(H2,12,14). The average molecular weight is 206 g/mol. The van der Waals surface area contributed by atoms with Gasteiger partial charge in [0.15, 0.2) is 5.54 Å². The van der Waals surface area contributed by atoms with Crippen molar-refractivity contribution >= 4 is 11.6 Å². The van der Waals surface area contributed by atoms with Crippen molar-refractivity contribution in [3.05, 3.63) is 29.8 Å². The number of nitrogens with one attached hydrogen (secondary N) is 1. The van der Waals surface area contributed by atoms with Crippen LogP contribution in [0.15, 0.2) is 24.3 Å². The summed E-state index contributed by atoms with van der Waals surface area (Å²) in [6.45, 7) is 2.69. The van der Waals surface area contributed by atoms with Crippen molar-refractivity contribution in [2.75, 3.05) is 18.5 Å². The number of hydrogen-bond acceptors (Lipinski definition) is 3. The summed E-state index contributed by atoms with van der Waals surface area (Å²) in [6.07, 6.45) is 0. The van der Waals surface area contributed by atoms with Gasteiger partial charge in [-0.1, -0.05) is 12.1 Å². The van der Waals surface area contributed by atoms with Crippen LogP contribution in [0.5, 0.6) is 0 Å². The number of hydrogen-bond donors (Lipinski definition) is 2. The molecule has 2 rings (SSSR count). The molecule has 1 aliphatic heterocycles. The van der Waals surface area contributed by atoms with Gasteiger partial charge in [0, 0.05) is 5.69 Å². The largest absolute Gasteiger partial charge is 0.375 e. The summed E-state index contributed by atoms with van der Waals surface area (Å²) in [4.78, 5) is 11.3. The normalized spacial score (nSPS) is 17.9. The maximum atomic E-state index is 11.3. The van der Waals surface area contributed by atoms with Crippen molar-refractivity contribution in [3.63, 3.8) is 0 Å². The van der Waals surface area contributed by atoms with Crippen LogP contribution in [0.3, 0.4) is 0 Å². The lowest BCUT2D eigenvalue weighted by molar-refractivity contribution is -0.137. The first-order valence-electron chi connectivity index (χ1n) is 4.85. The molecule has 1 aromatic rings. The third-order valence-electron chi connectivity index (χ3n) is 2.57. The molecule has 3 N–H and O–H groups in total. The van der Waals surface area contributed by atoms with Crippen molar-refractivity contribution in [2.24, 2.45) is 5.73 Å². The maximum Gasteiger partial charge on any atom is 0.247 e. The molecule has 1 heterocycles. The second kappa shape index (κ2) is 3.55. The minimum Gasteiger partial charge on any atom is -0.375 e. The lowest BCUT2D eigenvalue weighted by atomic mass is 9.96. The quantitative estimate of drug-likeness (QED) is 0.763. The lowest BCUT2D eigenvalue weighted by Gasteiger charge is -2.39. The Morgan fingerprint density at radius 3 is 2.73 bits per heavy atom. The van der Waals surface area contributed by atoms with Gasteiger partial charge < -0.3 is 15.8 Å². The fourth-order valence-electron chi connectivity index (χ4n) is 1.58. The molecule has 15 heavy (non-hydrogen) atoms. The minimum absolute atomic E-state index is 0.344. The minimum atomic E-state index is -0.714. The SMILES string of the molecule is Cc1cccc(NC2(C(N)=O)COC2)c1. The Morgan fingerprint density at radius 1 is 1.53 bits per heavy atom. The van der Waals surface area contributed by atoms with Gasteiger partial charge in [0.25, 0.3) is 0 Å². The molecule has 4 heteroatoms. The second-order valence-corrected chi connectivity index (χ2v) is 3.93. The Bertz CT molecular complexity index is 386. The number of carbonyl (C=O) groups is 1. The predicted octanol–water partition coefficient (Wildman–Crippen LogP) is 0.661. The zero-order valence-corrected chi connectivity index (χ0v) is 8.62. The smallest absolute Gasteiger partial charge is 0.247 e. The number of primary amides is 1. The Balaban J connectivity index is 2.17. The molecule has 0 bridgehead atoms. The highest BCUT2D eigenvalue weighted by Gasteiger charge is 2.44. The van der Waals surface area contributed by atoms with Crippen molar-refractivity contribution in [1.29, 1.82) is 0 Å². The van der Waals surface area contributed by atoms with Crippen LogP contribution in [-0.2, 0) is 9.53 Å². The van der Waals surface area contributed by atoms with E-state index in [0.717, 1.165) is 11.3 Å². The van der Waals surface area contributed by atoms with Crippen LogP contribution in [0, 0.1) is 6.92 Å². The van der Waals surface area contributed by atoms with Crippen molar-refractivity contribution in [1.82, 2.24) is 0 Å². The molecule has 0 atom stereocenters. The Kier molecular flexibility index (Phi) is 2.36. The summed E-state index contributed by atoms with van der Waals surface area (Å²) in [5.74, 6) is -0.366. The number of aryl methyl sites for hydroxylation is 1. The van der Waals surface area contributed by atoms with Crippen molar-refractivity contribution in [2.45, 2.75) is 12.5 Å². The second-order valence-electron chi connectivity index (χ2n) is 3.93. The van der Waals surface area contributed by atoms with E-state index in [1.165, 1.54) is 0 Å². The van der Waals surface area contributed by atoms with Crippen LogP contribution in [0.1, 0.15) is 5.56 Å². The molecule has 1 aromatic carbocycles. The molecule has 0 unspecified atom stereocenters. The van der Waals surface area contributed by atoms with Crippen LogP contribution >= 0.6 is 0 Å². The number of ether oxygens (including phenoxy) is 1. The summed E-state index contributed by atoms with van der Waals surface area (Å²) in [6, 6.07) is 7.82. The molecule has 1 amide bonds. The molecule has 1 aliphatic rings. The topological polar surface area (TPSA) is 64.3 Å². The van der Waals surface area contributed by atoms with Gasteiger partial charge in [-0.05, 0) is 24.6 Å². The summed E-state index contributed by atoms with van der Waals surface area (Å²) < 4.78 is 5.04. The molecule has 4 nitrogen and oxygen atoms in total. The highest BCUT2D eigenvalue weighted by Crippen LogP contribution is 2.23. The van der Waals surface area contributed by atoms with E-state index in [0.29, 0.717) is 13.2 Å². The van der Waals surface area contributed by atoms with Crippen molar-refractivity contribution in [3.8, 4) is 0 Å². The Labute approximate surface area is 88.4 Å². The molecule has 0 saturated carbocycles. The maximum absolute atomic E-state index is 11.3. The van der Waals surface area contributed by atoms with Crippen LogP contribution < -0.4 is 11.1 Å². The number of nitrogens with two attached hydrogens (primary N) is 1. The van der Waals surface area contributed by atoms with E-state index < -0.39 is 5.54 Å². The zero-order valence-electron chi connectivity index (χ0n) is 8.62.